The lowest BCUT2D eigenvalue weighted by atomic mass is 10.1. The monoisotopic (exact) mass is 391 g/mol. The van der Waals surface area contributed by atoms with Crippen molar-refractivity contribution < 1.29 is 9.53 Å². The van der Waals surface area contributed by atoms with Crippen LogP contribution in [-0.4, -0.2) is 35.8 Å². The molecule has 2 aromatic carbocycles. The largest absolute Gasteiger partial charge is 0.457 e. The number of nitrogens with one attached hydrogen (secondary N) is 2. The molecule has 4 N–H and O–H groups in total. The normalized spacial score (nSPS) is 16.4. The van der Waals surface area contributed by atoms with Gasteiger partial charge in [-0.15, -0.1) is 0 Å². The third kappa shape index (κ3) is 3.95. The summed E-state index contributed by atoms with van der Waals surface area (Å²) in [5, 5.41) is 11.3. The van der Waals surface area contributed by atoms with Crippen LogP contribution in [0.4, 0.5) is 5.82 Å². The topological polar surface area (TPSA) is 94.2 Å². The number of para-hydroxylation sites is 1. The van der Waals surface area contributed by atoms with Gasteiger partial charge in [0.1, 0.15) is 28.6 Å². The van der Waals surface area contributed by atoms with Crippen LogP contribution in [0.5, 0.6) is 11.5 Å². The standard InChI is InChI=1S/C22H25N5O2/c1-24-22-19(21(23)28)20(26-27(22)16-6-5-13-25-14-16)15-9-11-18(12-10-15)29-17-7-3-2-4-8-17/h2-4,7-12,16,24-25H,5-6,13-14H2,1H3,(H2,23,28)/t16-/m1/s1. The van der Waals surface area contributed by atoms with Gasteiger partial charge >= 0.3 is 0 Å². The van der Waals surface area contributed by atoms with Crippen molar-refractivity contribution in [2.45, 2.75) is 18.9 Å². The van der Waals surface area contributed by atoms with Crippen LogP contribution in [0.15, 0.2) is 54.6 Å². The summed E-state index contributed by atoms with van der Waals surface area (Å²) in [6, 6.07) is 17.3. The van der Waals surface area contributed by atoms with Crippen LogP contribution < -0.4 is 21.1 Å². The first-order valence-corrected chi connectivity index (χ1v) is 9.81. The maximum atomic E-state index is 12.3. The van der Waals surface area contributed by atoms with E-state index in [2.05, 4.69) is 10.6 Å². The lowest BCUT2D eigenvalue weighted by Crippen LogP contribution is -2.32. The molecule has 0 spiro atoms. The fourth-order valence-electron chi connectivity index (χ4n) is 3.72. The van der Waals surface area contributed by atoms with Gasteiger partial charge in [-0.25, -0.2) is 4.68 Å². The lowest BCUT2D eigenvalue weighted by Gasteiger charge is -2.24. The summed E-state index contributed by atoms with van der Waals surface area (Å²) in [7, 11) is 1.79. The molecular formula is C22H25N5O2. The summed E-state index contributed by atoms with van der Waals surface area (Å²) >= 11 is 0. The molecule has 7 heteroatoms. The smallest absolute Gasteiger partial charge is 0.254 e. The molecule has 3 aromatic rings. The summed E-state index contributed by atoms with van der Waals surface area (Å²) in [4.78, 5) is 12.3. The molecule has 1 fully saturated rings. The van der Waals surface area contributed by atoms with E-state index in [-0.39, 0.29) is 6.04 Å². The third-order valence-corrected chi connectivity index (χ3v) is 5.12. The predicted molar refractivity (Wildman–Crippen MR) is 113 cm³/mol. The van der Waals surface area contributed by atoms with Crippen LogP contribution in [-0.2, 0) is 0 Å². The van der Waals surface area contributed by atoms with Crippen molar-refractivity contribution in [1.82, 2.24) is 15.1 Å². The molecule has 1 aliphatic rings. The first kappa shape index (κ1) is 19.0. The molecule has 0 aliphatic carbocycles. The quantitative estimate of drug-likeness (QED) is 0.599. The van der Waals surface area contributed by atoms with Crippen LogP contribution >= 0.6 is 0 Å². The van der Waals surface area contributed by atoms with Gasteiger partial charge in [-0.3, -0.25) is 4.79 Å². The molecule has 0 radical (unpaired) electrons. The van der Waals surface area contributed by atoms with Crippen LogP contribution in [0.25, 0.3) is 11.3 Å². The minimum absolute atomic E-state index is 0.179. The van der Waals surface area contributed by atoms with E-state index in [9.17, 15) is 4.79 Å². The Balaban J connectivity index is 1.68. The number of nitrogens with zero attached hydrogens (tertiary/aromatic N) is 2. The number of rotatable bonds is 6. The average Bonchev–Trinajstić information content (AvgIpc) is 3.16. The summed E-state index contributed by atoms with van der Waals surface area (Å²) in [6.07, 6.45) is 2.07. The number of piperidine rings is 1. The number of hydrogen-bond acceptors (Lipinski definition) is 5. The van der Waals surface area contributed by atoms with Gasteiger partial charge in [0.15, 0.2) is 0 Å². The van der Waals surface area contributed by atoms with E-state index < -0.39 is 5.91 Å². The molecule has 1 atom stereocenters. The van der Waals surface area contributed by atoms with Gasteiger partial charge in [0, 0.05) is 19.2 Å². The summed E-state index contributed by atoms with van der Waals surface area (Å²) in [6.45, 7) is 1.82. The van der Waals surface area contributed by atoms with E-state index in [0.29, 0.717) is 22.8 Å². The Kier molecular flexibility index (Phi) is 5.48. The minimum Gasteiger partial charge on any atom is -0.457 e. The number of nitrogens with two attached hydrogens (primary N) is 1. The number of amides is 1. The Labute approximate surface area is 169 Å². The Morgan fingerprint density at radius 3 is 2.52 bits per heavy atom. The first-order valence-electron chi connectivity index (χ1n) is 9.81. The van der Waals surface area contributed by atoms with E-state index in [4.69, 9.17) is 15.6 Å². The zero-order chi connectivity index (χ0) is 20.2. The van der Waals surface area contributed by atoms with Crippen LogP contribution in [0.1, 0.15) is 29.2 Å². The van der Waals surface area contributed by atoms with Gasteiger partial charge in [-0.1, -0.05) is 18.2 Å². The number of primary amides is 1. The number of hydrogen-bond donors (Lipinski definition) is 3. The Bertz CT molecular complexity index is 976. The van der Waals surface area contributed by atoms with Gasteiger partial charge in [-0.2, -0.15) is 5.10 Å². The van der Waals surface area contributed by atoms with Crippen molar-refractivity contribution in [2.75, 3.05) is 25.5 Å². The van der Waals surface area contributed by atoms with Crippen LogP contribution in [0.3, 0.4) is 0 Å². The van der Waals surface area contributed by atoms with Crippen molar-refractivity contribution in [3.05, 3.63) is 60.2 Å². The zero-order valence-electron chi connectivity index (χ0n) is 16.4. The van der Waals surface area contributed by atoms with Gasteiger partial charge in [0.25, 0.3) is 5.91 Å². The molecule has 150 valence electrons. The number of benzene rings is 2. The van der Waals surface area contributed by atoms with E-state index in [1.807, 2.05) is 59.3 Å². The Morgan fingerprint density at radius 1 is 1.17 bits per heavy atom. The Morgan fingerprint density at radius 2 is 1.90 bits per heavy atom. The molecule has 0 saturated carbocycles. The number of ether oxygens (including phenoxy) is 1. The van der Waals surface area contributed by atoms with Crippen molar-refractivity contribution in [1.29, 1.82) is 0 Å². The first-order chi connectivity index (χ1) is 14.2. The number of carbonyl (C=O) groups is 1. The highest BCUT2D eigenvalue weighted by Crippen LogP contribution is 2.33. The van der Waals surface area contributed by atoms with Crippen LogP contribution in [0, 0.1) is 0 Å². The Hall–Kier alpha value is -3.32. The second-order valence-electron chi connectivity index (χ2n) is 7.07. The summed E-state index contributed by atoms with van der Waals surface area (Å²) in [5.41, 5.74) is 7.54. The molecule has 2 heterocycles. The molecule has 1 aromatic heterocycles. The molecule has 1 saturated heterocycles. The van der Waals surface area contributed by atoms with Crippen molar-refractivity contribution in [3.63, 3.8) is 0 Å². The highest BCUT2D eigenvalue weighted by molar-refractivity contribution is 6.03. The fraction of sp³-hybridized carbons (Fsp3) is 0.273. The maximum Gasteiger partial charge on any atom is 0.254 e. The molecule has 0 bridgehead atoms. The van der Waals surface area contributed by atoms with E-state index >= 15 is 0 Å². The highest BCUT2D eigenvalue weighted by Gasteiger charge is 2.27. The van der Waals surface area contributed by atoms with Gasteiger partial charge in [0.2, 0.25) is 0 Å². The molecule has 7 nitrogen and oxygen atoms in total. The van der Waals surface area contributed by atoms with Crippen molar-refractivity contribution >= 4 is 11.7 Å². The molecule has 1 aliphatic heterocycles. The lowest BCUT2D eigenvalue weighted by molar-refractivity contribution is 0.100. The molecular weight excluding hydrogens is 366 g/mol. The van der Waals surface area contributed by atoms with Gasteiger partial charge < -0.3 is 21.1 Å². The molecule has 29 heavy (non-hydrogen) atoms. The maximum absolute atomic E-state index is 12.3. The zero-order valence-corrected chi connectivity index (χ0v) is 16.4. The van der Waals surface area contributed by atoms with Gasteiger partial charge in [0.05, 0.1) is 6.04 Å². The SMILES string of the molecule is CNc1c(C(N)=O)c(-c2ccc(Oc3ccccc3)cc2)nn1[C@@H]1CCCNC1. The summed E-state index contributed by atoms with van der Waals surface area (Å²) in [5.74, 6) is 1.64. The van der Waals surface area contributed by atoms with E-state index in [1.54, 1.807) is 7.05 Å². The van der Waals surface area contributed by atoms with Crippen molar-refractivity contribution in [2.24, 2.45) is 5.73 Å². The van der Waals surface area contributed by atoms with Crippen LogP contribution in [0.2, 0.25) is 0 Å². The summed E-state index contributed by atoms with van der Waals surface area (Å²) < 4.78 is 7.75. The molecule has 0 unspecified atom stereocenters. The van der Waals surface area contributed by atoms with Crippen molar-refractivity contribution in [3.8, 4) is 22.8 Å². The van der Waals surface area contributed by atoms with E-state index in [0.717, 1.165) is 37.2 Å². The molecule has 1 amide bonds. The van der Waals surface area contributed by atoms with Gasteiger partial charge in [-0.05, 0) is 55.8 Å². The highest BCUT2D eigenvalue weighted by atomic mass is 16.5. The molecule has 4 rings (SSSR count). The second-order valence-corrected chi connectivity index (χ2v) is 7.07. The minimum atomic E-state index is -0.496. The number of anilines is 1. The third-order valence-electron chi connectivity index (χ3n) is 5.12. The average molecular weight is 391 g/mol. The number of carbonyl (C=O) groups excluding carboxylic acids is 1. The number of aromatic nitrogens is 2. The van der Waals surface area contributed by atoms with E-state index in [1.165, 1.54) is 0 Å². The predicted octanol–water partition coefficient (Wildman–Crippen LogP) is 3.41. The second kappa shape index (κ2) is 8.36. The fourth-order valence-corrected chi connectivity index (χ4v) is 3.72.